The molecular formula is C24H25N5O2. The number of anilines is 1. The minimum Gasteiger partial charge on any atom is -0.480 e. The Balaban J connectivity index is 1.38. The summed E-state index contributed by atoms with van der Waals surface area (Å²) in [5.41, 5.74) is 4.68. The SMILES string of the molecule is N#Cc1cc2c(nc1N1CCN([C@H](C(=O)O)c3c[nH]c4ccccc34)CC1)CCCC2. The molecule has 0 amide bonds. The van der Waals surface area contributed by atoms with Gasteiger partial charge >= 0.3 is 5.97 Å². The topological polar surface area (TPSA) is 96.2 Å². The van der Waals surface area contributed by atoms with Crippen molar-refractivity contribution < 1.29 is 9.90 Å². The van der Waals surface area contributed by atoms with E-state index in [1.165, 1.54) is 5.56 Å². The Morgan fingerprint density at radius 2 is 1.94 bits per heavy atom. The van der Waals surface area contributed by atoms with Gasteiger partial charge < -0.3 is 15.0 Å². The number of fused-ring (bicyclic) bond motifs is 2. The smallest absolute Gasteiger partial charge is 0.325 e. The normalized spacial score (nSPS) is 17.8. The molecule has 0 radical (unpaired) electrons. The van der Waals surface area contributed by atoms with Crippen LogP contribution in [0.15, 0.2) is 36.5 Å². The molecule has 0 spiro atoms. The monoisotopic (exact) mass is 415 g/mol. The average molecular weight is 415 g/mol. The Morgan fingerprint density at radius 3 is 2.71 bits per heavy atom. The number of aromatic nitrogens is 2. The first-order valence-corrected chi connectivity index (χ1v) is 10.9. The third kappa shape index (κ3) is 3.53. The number of pyridine rings is 1. The number of nitrogens with one attached hydrogen (secondary N) is 1. The Bertz CT molecular complexity index is 1170. The first-order valence-electron chi connectivity index (χ1n) is 10.9. The summed E-state index contributed by atoms with van der Waals surface area (Å²) in [4.78, 5) is 24.4. The van der Waals surface area contributed by atoms with Gasteiger partial charge in [0.2, 0.25) is 0 Å². The van der Waals surface area contributed by atoms with Gasteiger partial charge in [0.05, 0.1) is 5.56 Å². The lowest BCUT2D eigenvalue weighted by atomic mass is 9.94. The van der Waals surface area contributed by atoms with Gasteiger partial charge in [-0.2, -0.15) is 5.26 Å². The van der Waals surface area contributed by atoms with Crippen molar-refractivity contribution >= 4 is 22.7 Å². The molecule has 1 aliphatic carbocycles. The number of H-pyrrole nitrogens is 1. The maximum atomic E-state index is 12.2. The van der Waals surface area contributed by atoms with Crippen LogP contribution in [0.2, 0.25) is 0 Å². The van der Waals surface area contributed by atoms with Crippen LogP contribution in [0.1, 0.15) is 41.3 Å². The van der Waals surface area contributed by atoms with Crippen LogP contribution in [0.25, 0.3) is 10.9 Å². The highest BCUT2D eigenvalue weighted by molar-refractivity contribution is 5.89. The van der Waals surface area contributed by atoms with Crippen molar-refractivity contribution in [2.24, 2.45) is 0 Å². The highest BCUT2D eigenvalue weighted by Gasteiger charge is 2.33. The van der Waals surface area contributed by atoms with E-state index in [0.29, 0.717) is 31.7 Å². The Hall–Kier alpha value is -3.37. The number of para-hydroxylation sites is 1. The second-order valence-corrected chi connectivity index (χ2v) is 8.34. The number of nitrogens with zero attached hydrogens (tertiary/aromatic N) is 4. The van der Waals surface area contributed by atoms with Crippen molar-refractivity contribution in [3.8, 4) is 6.07 Å². The zero-order valence-electron chi connectivity index (χ0n) is 17.3. The standard InChI is InChI=1S/C24H25N5O2/c25-14-17-13-16-5-1-3-7-20(16)27-23(17)29-11-9-28(10-12-29)22(24(30)31)19-15-26-21-8-4-2-6-18(19)21/h2,4,6,8,13,15,22,26H,1,3,5,7,9-12H2,(H,30,31)/t22-/m0/s1. The predicted octanol–water partition coefficient (Wildman–Crippen LogP) is 3.26. The van der Waals surface area contributed by atoms with E-state index in [1.807, 2.05) is 41.4 Å². The van der Waals surface area contributed by atoms with E-state index in [9.17, 15) is 15.2 Å². The van der Waals surface area contributed by atoms with Crippen LogP contribution in [0.3, 0.4) is 0 Å². The first kappa shape index (κ1) is 19.6. The number of piperazine rings is 1. The number of benzene rings is 1. The summed E-state index contributed by atoms with van der Waals surface area (Å²) in [5.74, 6) is -0.0930. The Labute approximate surface area is 180 Å². The highest BCUT2D eigenvalue weighted by atomic mass is 16.4. The van der Waals surface area contributed by atoms with Crippen molar-refractivity contribution in [3.05, 3.63) is 58.9 Å². The van der Waals surface area contributed by atoms with Crippen LogP contribution in [0.5, 0.6) is 0 Å². The molecule has 3 aromatic rings. The number of aryl methyl sites for hydroxylation is 2. The quantitative estimate of drug-likeness (QED) is 0.679. The van der Waals surface area contributed by atoms with E-state index < -0.39 is 12.0 Å². The fourth-order valence-corrected chi connectivity index (χ4v) is 4.94. The number of carboxylic acid groups (broad SMARTS) is 1. The third-order valence-corrected chi connectivity index (χ3v) is 6.53. The number of carboxylic acids is 1. The van der Waals surface area contributed by atoms with Crippen molar-refractivity contribution in [2.75, 3.05) is 31.1 Å². The van der Waals surface area contributed by atoms with Crippen molar-refractivity contribution in [1.29, 1.82) is 5.26 Å². The van der Waals surface area contributed by atoms with Gasteiger partial charge in [0.15, 0.2) is 0 Å². The van der Waals surface area contributed by atoms with E-state index in [-0.39, 0.29) is 0 Å². The predicted molar refractivity (Wildman–Crippen MR) is 118 cm³/mol. The van der Waals surface area contributed by atoms with Gasteiger partial charge in [-0.1, -0.05) is 18.2 Å². The van der Waals surface area contributed by atoms with Crippen LogP contribution < -0.4 is 4.90 Å². The van der Waals surface area contributed by atoms with Gasteiger partial charge in [0.25, 0.3) is 0 Å². The van der Waals surface area contributed by atoms with Crippen molar-refractivity contribution in [3.63, 3.8) is 0 Å². The molecule has 2 N–H and O–H groups in total. The second-order valence-electron chi connectivity index (χ2n) is 8.34. The maximum absolute atomic E-state index is 12.2. The molecular weight excluding hydrogens is 390 g/mol. The van der Waals surface area contributed by atoms with Crippen molar-refractivity contribution in [2.45, 2.75) is 31.7 Å². The van der Waals surface area contributed by atoms with Gasteiger partial charge in [-0.15, -0.1) is 0 Å². The van der Waals surface area contributed by atoms with Gasteiger partial charge in [0, 0.05) is 54.5 Å². The lowest BCUT2D eigenvalue weighted by Crippen LogP contribution is -2.49. The molecule has 1 saturated heterocycles. The fourth-order valence-electron chi connectivity index (χ4n) is 4.94. The fraction of sp³-hybridized carbons (Fsp3) is 0.375. The summed E-state index contributed by atoms with van der Waals surface area (Å²) in [5, 5.41) is 20.7. The molecule has 3 heterocycles. The van der Waals surface area contributed by atoms with Gasteiger partial charge in [-0.3, -0.25) is 9.69 Å². The van der Waals surface area contributed by atoms with E-state index in [4.69, 9.17) is 4.98 Å². The Morgan fingerprint density at radius 1 is 1.16 bits per heavy atom. The number of aromatic amines is 1. The molecule has 158 valence electrons. The van der Waals surface area contributed by atoms with Gasteiger partial charge in [-0.25, -0.2) is 4.98 Å². The number of aliphatic carboxylic acids is 1. The summed E-state index contributed by atoms with van der Waals surface area (Å²) in [6.45, 7) is 2.49. The first-order chi connectivity index (χ1) is 15.2. The highest BCUT2D eigenvalue weighted by Crippen LogP contribution is 2.31. The van der Waals surface area contributed by atoms with Crippen LogP contribution in [0, 0.1) is 11.3 Å². The molecule has 1 aromatic carbocycles. The number of hydrogen-bond acceptors (Lipinski definition) is 5. The van der Waals surface area contributed by atoms with Gasteiger partial charge in [0.1, 0.15) is 17.9 Å². The second kappa shape index (κ2) is 8.05. The van der Waals surface area contributed by atoms with E-state index in [2.05, 4.69) is 16.0 Å². The molecule has 1 atom stereocenters. The average Bonchev–Trinajstić information content (AvgIpc) is 3.22. The summed E-state index contributed by atoms with van der Waals surface area (Å²) in [6, 6.07) is 11.4. The van der Waals surface area contributed by atoms with E-state index in [0.717, 1.165) is 53.7 Å². The molecule has 0 saturated carbocycles. The van der Waals surface area contributed by atoms with Crippen LogP contribution in [0.4, 0.5) is 5.82 Å². The van der Waals surface area contributed by atoms with Crippen molar-refractivity contribution in [1.82, 2.24) is 14.9 Å². The number of nitriles is 1. The molecule has 0 unspecified atom stereocenters. The summed E-state index contributed by atoms with van der Waals surface area (Å²) < 4.78 is 0. The number of hydrogen-bond donors (Lipinski definition) is 2. The zero-order chi connectivity index (χ0) is 21.4. The minimum atomic E-state index is -0.845. The van der Waals surface area contributed by atoms with Crippen LogP contribution >= 0.6 is 0 Å². The summed E-state index contributed by atoms with van der Waals surface area (Å²) in [7, 11) is 0. The number of rotatable bonds is 4. The molecule has 0 bridgehead atoms. The maximum Gasteiger partial charge on any atom is 0.325 e. The van der Waals surface area contributed by atoms with Gasteiger partial charge in [-0.05, 0) is 43.4 Å². The zero-order valence-corrected chi connectivity index (χ0v) is 17.3. The van der Waals surface area contributed by atoms with E-state index >= 15 is 0 Å². The lowest BCUT2D eigenvalue weighted by molar-refractivity contribution is -0.143. The van der Waals surface area contributed by atoms with Crippen LogP contribution in [-0.4, -0.2) is 52.1 Å². The molecule has 2 aromatic heterocycles. The molecule has 1 fully saturated rings. The third-order valence-electron chi connectivity index (χ3n) is 6.53. The number of carbonyl (C=O) groups is 1. The van der Waals surface area contributed by atoms with E-state index in [1.54, 1.807) is 0 Å². The molecule has 31 heavy (non-hydrogen) atoms. The molecule has 7 nitrogen and oxygen atoms in total. The lowest BCUT2D eigenvalue weighted by Gasteiger charge is -2.38. The molecule has 2 aliphatic rings. The minimum absolute atomic E-state index is 0.597. The Kier molecular flexibility index (Phi) is 5.08. The molecule has 5 rings (SSSR count). The summed E-state index contributed by atoms with van der Waals surface area (Å²) in [6.07, 6.45) is 6.08. The largest absolute Gasteiger partial charge is 0.480 e. The van der Waals surface area contributed by atoms with Crippen LogP contribution in [-0.2, 0) is 17.6 Å². The summed E-state index contributed by atoms with van der Waals surface area (Å²) >= 11 is 0. The molecule has 1 aliphatic heterocycles. The molecule has 7 heteroatoms.